The summed E-state index contributed by atoms with van der Waals surface area (Å²) in [7, 11) is 0. The number of amidine groups is 1. The van der Waals surface area contributed by atoms with E-state index in [0.29, 0.717) is 42.7 Å². The van der Waals surface area contributed by atoms with E-state index in [9.17, 15) is 22.8 Å². The van der Waals surface area contributed by atoms with Gasteiger partial charge in [-0.25, -0.2) is 9.38 Å². The zero-order chi connectivity index (χ0) is 24.5. The Kier molecular flexibility index (Phi) is 9.34. The van der Waals surface area contributed by atoms with Gasteiger partial charge in [-0.15, -0.1) is 0 Å². The van der Waals surface area contributed by atoms with Crippen LogP contribution in [0.5, 0.6) is 5.75 Å². The van der Waals surface area contributed by atoms with Gasteiger partial charge in [0.2, 0.25) is 11.8 Å². The standard InChI is InChI=1S/C23H24F3N3O4S/c1-2-32-13-3-12-29-21(31)19(14-20(30)27-16-6-4-15(24)5-7-16)34-23(29)28-17-8-10-18(11-9-17)33-22(25)26/h4-11,19,22H,2-3,12-14H2,1H3,(H,27,30). The third-order valence-electron chi connectivity index (χ3n) is 4.68. The Labute approximate surface area is 199 Å². The number of carbonyl (C=O) groups excluding carboxylic acids is 2. The molecule has 1 fully saturated rings. The number of hydrogen-bond acceptors (Lipinski definition) is 6. The normalized spacial score (nSPS) is 17.0. The summed E-state index contributed by atoms with van der Waals surface area (Å²) in [4.78, 5) is 31.5. The van der Waals surface area contributed by atoms with Crippen molar-refractivity contribution in [1.29, 1.82) is 0 Å². The smallest absolute Gasteiger partial charge is 0.387 e. The van der Waals surface area contributed by atoms with Crippen molar-refractivity contribution in [2.45, 2.75) is 31.6 Å². The maximum absolute atomic E-state index is 13.1. The molecule has 0 saturated carbocycles. The van der Waals surface area contributed by atoms with Crippen molar-refractivity contribution >= 4 is 40.1 Å². The number of aliphatic imine (C=N–C) groups is 1. The van der Waals surface area contributed by atoms with Gasteiger partial charge in [-0.3, -0.25) is 14.5 Å². The highest BCUT2D eigenvalue weighted by Gasteiger charge is 2.38. The molecule has 1 unspecified atom stereocenters. The molecule has 34 heavy (non-hydrogen) atoms. The van der Waals surface area contributed by atoms with E-state index in [0.717, 1.165) is 11.8 Å². The molecule has 1 N–H and O–H groups in total. The van der Waals surface area contributed by atoms with Crippen molar-refractivity contribution in [3.8, 4) is 5.75 Å². The fourth-order valence-electron chi connectivity index (χ4n) is 3.13. The van der Waals surface area contributed by atoms with Crippen LogP contribution in [0.1, 0.15) is 19.8 Å². The zero-order valence-corrected chi connectivity index (χ0v) is 19.2. The molecule has 1 atom stereocenters. The first-order chi connectivity index (χ1) is 16.4. The maximum atomic E-state index is 13.1. The van der Waals surface area contributed by atoms with E-state index in [1.165, 1.54) is 53.4 Å². The van der Waals surface area contributed by atoms with Gasteiger partial charge in [-0.2, -0.15) is 8.78 Å². The highest BCUT2D eigenvalue weighted by Crippen LogP contribution is 2.32. The number of anilines is 1. The summed E-state index contributed by atoms with van der Waals surface area (Å²) in [5, 5.41) is 2.37. The molecule has 3 rings (SSSR count). The van der Waals surface area contributed by atoms with Crippen molar-refractivity contribution in [1.82, 2.24) is 4.90 Å². The number of hydrogen-bond donors (Lipinski definition) is 1. The number of nitrogens with one attached hydrogen (secondary N) is 1. The Hall–Kier alpha value is -3.05. The lowest BCUT2D eigenvalue weighted by atomic mass is 10.2. The van der Waals surface area contributed by atoms with Crippen LogP contribution >= 0.6 is 11.8 Å². The van der Waals surface area contributed by atoms with Gasteiger partial charge in [0.05, 0.1) is 5.69 Å². The lowest BCUT2D eigenvalue weighted by molar-refractivity contribution is -0.128. The summed E-state index contributed by atoms with van der Waals surface area (Å²) in [6.45, 7) is 0.327. The van der Waals surface area contributed by atoms with E-state index in [4.69, 9.17) is 4.74 Å². The highest BCUT2D eigenvalue weighted by molar-refractivity contribution is 8.15. The maximum Gasteiger partial charge on any atom is 0.387 e. The number of ether oxygens (including phenoxy) is 2. The molecular weight excluding hydrogens is 471 g/mol. The lowest BCUT2D eigenvalue weighted by Crippen LogP contribution is -2.34. The third kappa shape index (κ3) is 7.49. The second kappa shape index (κ2) is 12.4. The highest BCUT2D eigenvalue weighted by atomic mass is 32.2. The molecule has 7 nitrogen and oxygen atoms in total. The van der Waals surface area contributed by atoms with Crippen molar-refractivity contribution < 1.29 is 32.2 Å². The molecule has 2 amide bonds. The number of nitrogens with zero attached hydrogens (tertiary/aromatic N) is 2. The second-order valence-corrected chi connectivity index (χ2v) is 8.34. The first-order valence-electron chi connectivity index (χ1n) is 10.6. The Balaban J connectivity index is 1.71. The molecule has 11 heteroatoms. The van der Waals surface area contributed by atoms with Crippen LogP contribution in [0.4, 0.5) is 24.5 Å². The minimum Gasteiger partial charge on any atom is -0.435 e. The largest absolute Gasteiger partial charge is 0.435 e. The van der Waals surface area contributed by atoms with Gasteiger partial charge in [-0.05, 0) is 61.9 Å². The third-order valence-corrected chi connectivity index (χ3v) is 5.86. The number of alkyl halides is 2. The Morgan fingerprint density at radius 2 is 1.88 bits per heavy atom. The minimum atomic E-state index is -2.93. The lowest BCUT2D eigenvalue weighted by Gasteiger charge is -2.16. The molecule has 1 aliphatic rings. The van der Waals surface area contributed by atoms with E-state index in [1.54, 1.807) is 0 Å². The van der Waals surface area contributed by atoms with Crippen LogP contribution in [0.15, 0.2) is 53.5 Å². The molecule has 0 bridgehead atoms. The van der Waals surface area contributed by atoms with Gasteiger partial charge in [0.25, 0.3) is 0 Å². The van der Waals surface area contributed by atoms with Crippen LogP contribution < -0.4 is 10.1 Å². The van der Waals surface area contributed by atoms with Crippen molar-refractivity contribution in [2.24, 2.45) is 4.99 Å². The molecule has 1 aliphatic heterocycles. The predicted molar refractivity (Wildman–Crippen MR) is 124 cm³/mol. The molecule has 2 aromatic carbocycles. The topological polar surface area (TPSA) is 80.2 Å². The van der Waals surface area contributed by atoms with Gasteiger partial charge in [0.1, 0.15) is 16.8 Å². The molecule has 182 valence electrons. The van der Waals surface area contributed by atoms with Gasteiger partial charge in [0.15, 0.2) is 5.17 Å². The van der Waals surface area contributed by atoms with Crippen LogP contribution in [-0.4, -0.2) is 53.5 Å². The number of thioether (sulfide) groups is 1. The van der Waals surface area contributed by atoms with Gasteiger partial charge in [0, 0.05) is 31.9 Å². The molecule has 1 saturated heterocycles. The molecular formula is C23H24F3N3O4S. The number of rotatable bonds is 11. The predicted octanol–water partition coefficient (Wildman–Crippen LogP) is 4.81. The second-order valence-electron chi connectivity index (χ2n) is 7.17. The summed E-state index contributed by atoms with van der Waals surface area (Å²) < 4.78 is 47.5. The van der Waals surface area contributed by atoms with Crippen LogP contribution in [0.3, 0.4) is 0 Å². The van der Waals surface area contributed by atoms with Crippen LogP contribution in [0.25, 0.3) is 0 Å². The van der Waals surface area contributed by atoms with E-state index >= 15 is 0 Å². The molecule has 0 radical (unpaired) electrons. The Morgan fingerprint density at radius 3 is 2.53 bits per heavy atom. The average molecular weight is 496 g/mol. The molecule has 2 aromatic rings. The molecule has 0 aromatic heterocycles. The molecule has 0 aliphatic carbocycles. The van der Waals surface area contributed by atoms with Gasteiger partial charge >= 0.3 is 6.61 Å². The SMILES string of the molecule is CCOCCCN1C(=O)C(CC(=O)Nc2ccc(F)cc2)SC1=Nc1ccc(OC(F)F)cc1. The Morgan fingerprint density at radius 1 is 1.18 bits per heavy atom. The number of carbonyl (C=O) groups is 2. The summed E-state index contributed by atoms with van der Waals surface area (Å²) >= 11 is 1.16. The van der Waals surface area contributed by atoms with Crippen LogP contribution in [0, 0.1) is 5.82 Å². The fraction of sp³-hybridized carbons (Fsp3) is 0.348. The van der Waals surface area contributed by atoms with Crippen molar-refractivity contribution in [3.63, 3.8) is 0 Å². The summed E-state index contributed by atoms with van der Waals surface area (Å²) in [5.74, 6) is -1.07. The Bertz CT molecular complexity index is 1000. The van der Waals surface area contributed by atoms with Gasteiger partial charge in [-0.1, -0.05) is 11.8 Å². The average Bonchev–Trinajstić information content (AvgIpc) is 3.08. The minimum absolute atomic E-state index is 0.00184. The molecule has 1 heterocycles. The zero-order valence-electron chi connectivity index (χ0n) is 18.4. The van der Waals surface area contributed by atoms with E-state index in [2.05, 4.69) is 15.0 Å². The summed E-state index contributed by atoms with van der Waals surface area (Å²) in [5.41, 5.74) is 0.874. The quantitative estimate of drug-likeness (QED) is 0.453. The summed E-state index contributed by atoms with van der Waals surface area (Å²) in [6.07, 6.45) is 0.484. The van der Waals surface area contributed by atoms with E-state index in [-0.39, 0.29) is 24.0 Å². The number of amides is 2. The van der Waals surface area contributed by atoms with Crippen molar-refractivity contribution in [2.75, 3.05) is 25.1 Å². The molecule has 0 spiro atoms. The number of benzene rings is 2. The van der Waals surface area contributed by atoms with Crippen molar-refractivity contribution in [3.05, 3.63) is 54.3 Å². The van der Waals surface area contributed by atoms with E-state index < -0.39 is 17.7 Å². The van der Waals surface area contributed by atoms with Crippen LogP contribution in [0.2, 0.25) is 0 Å². The number of halogens is 3. The first kappa shape index (κ1) is 25.6. The van der Waals surface area contributed by atoms with E-state index in [1.807, 2.05) is 6.92 Å². The fourth-order valence-corrected chi connectivity index (χ4v) is 4.31. The summed E-state index contributed by atoms with van der Waals surface area (Å²) in [6, 6.07) is 11.1. The monoisotopic (exact) mass is 495 g/mol. The van der Waals surface area contributed by atoms with Crippen LogP contribution in [-0.2, 0) is 14.3 Å². The van der Waals surface area contributed by atoms with Gasteiger partial charge < -0.3 is 14.8 Å². The first-order valence-corrected chi connectivity index (χ1v) is 11.5.